The highest BCUT2D eigenvalue weighted by molar-refractivity contribution is 6.29. The van der Waals surface area contributed by atoms with Crippen LogP contribution in [-0.2, 0) is 19.3 Å². The Morgan fingerprint density at radius 1 is 1.12 bits per heavy atom. The number of amides is 1. The molecule has 0 atom stereocenters. The fraction of sp³-hybridized carbons (Fsp3) is 0.167. The Morgan fingerprint density at radius 2 is 1.84 bits per heavy atom. The second kappa shape index (κ2) is 7.36. The van der Waals surface area contributed by atoms with Gasteiger partial charge in [0.25, 0.3) is 5.91 Å². The molecule has 2 heterocycles. The molecule has 0 fully saturated rings. The van der Waals surface area contributed by atoms with Crippen molar-refractivity contribution in [1.82, 2.24) is 15.2 Å². The molecule has 1 amide bonds. The molecule has 0 unspecified atom stereocenters. The van der Waals surface area contributed by atoms with Crippen LogP contribution in [0.2, 0.25) is 5.15 Å². The molecule has 4 N–H and O–H groups in total. The van der Waals surface area contributed by atoms with Gasteiger partial charge >= 0.3 is 0 Å². The number of aromatic hydroxyl groups is 1. The summed E-state index contributed by atoms with van der Waals surface area (Å²) in [6.45, 7) is 0. The molecule has 0 saturated carbocycles. The molecule has 0 bridgehead atoms. The number of aromatic nitrogens is 3. The van der Waals surface area contributed by atoms with Gasteiger partial charge in [-0.2, -0.15) is 5.10 Å². The standard InChI is InChI=1S/C18H17ClN4O2/c19-16-8-4-12(10-21-16)9-15-17(18(20)25)14(22-23-15)7-3-11-1-5-13(24)6-2-11/h1-2,4-6,8,10,24H,3,7,9H2,(H2,20,25)(H,22,23). The van der Waals surface area contributed by atoms with Crippen molar-refractivity contribution in [1.29, 1.82) is 0 Å². The van der Waals surface area contributed by atoms with E-state index < -0.39 is 5.91 Å². The lowest BCUT2D eigenvalue weighted by molar-refractivity contribution is 0.0998. The maximum absolute atomic E-state index is 11.9. The molecule has 0 aliphatic carbocycles. The number of phenols is 1. The number of pyridine rings is 1. The van der Waals surface area contributed by atoms with Crippen molar-refractivity contribution in [2.24, 2.45) is 5.73 Å². The first-order valence-electron chi connectivity index (χ1n) is 7.77. The first-order valence-corrected chi connectivity index (χ1v) is 8.15. The summed E-state index contributed by atoms with van der Waals surface area (Å²) in [7, 11) is 0. The van der Waals surface area contributed by atoms with Crippen molar-refractivity contribution in [2.75, 3.05) is 0 Å². The highest BCUT2D eigenvalue weighted by Gasteiger charge is 2.18. The van der Waals surface area contributed by atoms with Gasteiger partial charge in [0, 0.05) is 12.6 Å². The predicted molar refractivity (Wildman–Crippen MR) is 94.7 cm³/mol. The predicted octanol–water partition coefficient (Wildman–Crippen LogP) is 2.64. The number of benzene rings is 1. The number of rotatable bonds is 6. The monoisotopic (exact) mass is 356 g/mol. The van der Waals surface area contributed by atoms with Crippen LogP contribution < -0.4 is 5.73 Å². The molecule has 0 radical (unpaired) electrons. The summed E-state index contributed by atoms with van der Waals surface area (Å²) in [4.78, 5) is 15.9. The highest BCUT2D eigenvalue weighted by atomic mass is 35.5. The van der Waals surface area contributed by atoms with Gasteiger partial charge in [0.2, 0.25) is 0 Å². The number of nitrogens with two attached hydrogens (primary N) is 1. The molecule has 2 aromatic heterocycles. The van der Waals surface area contributed by atoms with Crippen LogP contribution >= 0.6 is 11.6 Å². The van der Waals surface area contributed by atoms with Crippen molar-refractivity contribution >= 4 is 17.5 Å². The van der Waals surface area contributed by atoms with E-state index in [1.807, 2.05) is 18.2 Å². The summed E-state index contributed by atoms with van der Waals surface area (Å²) in [5.74, 6) is -0.286. The van der Waals surface area contributed by atoms with E-state index in [1.54, 1.807) is 24.4 Å². The number of halogens is 1. The van der Waals surface area contributed by atoms with E-state index in [1.165, 1.54) is 0 Å². The lowest BCUT2D eigenvalue weighted by atomic mass is 10.0. The molecule has 3 rings (SSSR count). The van der Waals surface area contributed by atoms with E-state index in [2.05, 4.69) is 15.2 Å². The van der Waals surface area contributed by atoms with Crippen molar-refractivity contribution < 1.29 is 9.90 Å². The topological polar surface area (TPSA) is 105 Å². The molecule has 6 nitrogen and oxygen atoms in total. The quantitative estimate of drug-likeness (QED) is 0.590. The second-order valence-electron chi connectivity index (χ2n) is 5.72. The number of nitrogens with zero attached hydrogens (tertiary/aromatic N) is 2. The van der Waals surface area contributed by atoms with Crippen LogP contribution in [0.25, 0.3) is 0 Å². The number of carbonyl (C=O) groups excluding carboxylic acids is 1. The number of carbonyl (C=O) groups is 1. The molecule has 128 valence electrons. The number of aryl methyl sites for hydroxylation is 2. The number of phenolic OH excluding ortho intramolecular Hbond substituents is 1. The Labute approximate surface area is 149 Å². The third-order valence-corrected chi connectivity index (χ3v) is 4.14. The minimum Gasteiger partial charge on any atom is -0.508 e. The third-order valence-electron chi connectivity index (χ3n) is 3.92. The highest BCUT2D eigenvalue weighted by Crippen LogP contribution is 2.18. The fourth-order valence-corrected chi connectivity index (χ4v) is 2.77. The van der Waals surface area contributed by atoms with Crippen molar-refractivity contribution in [2.45, 2.75) is 19.3 Å². The molecule has 0 saturated heterocycles. The van der Waals surface area contributed by atoms with Gasteiger partial charge in [-0.25, -0.2) is 4.98 Å². The van der Waals surface area contributed by atoms with Gasteiger partial charge in [0.1, 0.15) is 10.9 Å². The maximum atomic E-state index is 11.9. The molecule has 1 aromatic carbocycles. The van der Waals surface area contributed by atoms with Crippen molar-refractivity contribution in [3.63, 3.8) is 0 Å². The van der Waals surface area contributed by atoms with E-state index in [-0.39, 0.29) is 5.75 Å². The Balaban J connectivity index is 1.78. The van der Waals surface area contributed by atoms with Crippen molar-refractivity contribution in [3.05, 3.63) is 75.8 Å². The zero-order chi connectivity index (χ0) is 17.8. The van der Waals surface area contributed by atoms with E-state index in [9.17, 15) is 9.90 Å². The molecule has 0 aliphatic rings. The summed E-state index contributed by atoms with van der Waals surface area (Å²) >= 11 is 5.79. The smallest absolute Gasteiger partial charge is 0.252 e. The number of H-pyrrole nitrogens is 1. The first kappa shape index (κ1) is 17.0. The second-order valence-corrected chi connectivity index (χ2v) is 6.11. The number of aromatic amines is 1. The average molecular weight is 357 g/mol. The van der Waals surface area contributed by atoms with Gasteiger partial charge in [-0.15, -0.1) is 0 Å². The molecular formula is C18H17ClN4O2. The zero-order valence-corrected chi connectivity index (χ0v) is 14.1. The SMILES string of the molecule is NC(=O)c1c(CCc2ccc(O)cc2)n[nH]c1Cc1ccc(Cl)nc1. The number of hydrogen-bond acceptors (Lipinski definition) is 4. The van der Waals surface area contributed by atoms with E-state index in [0.717, 1.165) is 11.1 Å². The Bertz CT molecular complexity index is 873. The Hall–Kier alpha value is -2.86. The Morgan fingerprint density at radius 3 is 2.48 bits per heavy atom. The molecular weight excluding hydrogens is 340 g/mol. The van der Waals surface area contributed by atoms with Crippen LogP contribution in [0.1, 0.15) is 32.9 Å². The molecule has 0 spiro atoms. The van der Waals surface area contributed by atoms with Crippen LogP contribution in [0.5, 0.6) is 5.75 Å². The van der Waals surface area contributed by atoms with Crippen LogP contribution in [-0.4, -0.2) is 26.2 Å². The van der Waals surface area contributed by atoms with E-state index in [0.29, 0.717) is 41.4 Å². The fourth-order valence-electron chi connectivity index (χ4n) is 2.66. The minimum absolute atomic E-state index is 0.222. The first-order chi connectivity index (χ1) is 12.0. The van der Waals surface area contributed by atoms with Gasteiger partial charge in [-0.05, 0) is 42.2 Å². The van der Waals surface area contributed by atoms with E-state index in [4.69, 9.17) is 17.3 Å². The number of primary amides is 1. The lowest BCUT2D eigenvalue weighted by Gasteiger charge is -2.04. The lowest BCUT2D eigenvalue weighted by Crippen LogP contribution is -2.15. The molecule has 3 aromatic rings. The van der Waals surface area contributed by atoms with E-state index >= 15 is 0 Å². The normalized spacial score (nSPS) is 10.8. The number of hydrogen-bond donors (Lipinski definition) is 3. The molecule has 0 aliphatic heterocycles. The van der Waals surface area contributed by atoms with Gasteiger partial charge in [0.05, 0.1) is 17.0 Å². The number of nitrogens with one attached hydrogen (secondary N) is 1. The maximum Gasteiger partial charge on any atom is 0.252 e. The summed E-state index contributed by atoms with van der Waals surface area (Å²) in [5, 5.41) is 16.9. The van der Waals surface area contributed by atoms with Crippen LogP contribution in [0, 0.1) is 0 Å². The zero-order valence-electron chi connectivity index (χ0n) is 13.4. The summed E-state index contributed by atoms with van der Waals surface area (Å²) in [5.41, 5.74) is 9.23. The molecule has 25 heavy (non-hydrogen) atoms. The van der Waals surface area contributed by atoms with Gasteiger partial charge < -0.3 is 10.8 Å². The average Bonchev–Trinajstić information content (AvgIpc) is 2.99. The van der Waals surface area contributed by atoms with Crippen LogP contribution in [0.3, 0.4) is 0 Å². The Kier molecular flexibility index (Phi) is 5.00. The minimum atomic E-state index is -0.508. The molecule has 7 heteroatoms. The third kappa shape index (κ3) is 4.16. The van der Waals surface area contributed by atoms with Crippen LogP contribution in [0.15, 0.2) is 42.6 Å². The summed E-state index contributed by atoms with van der Waals surface area (Å²) in [6.07, 6.45) is 3.38. The van der Waals surface area contributed by atoms with Gasteiger partial charge in [0.15, 0.2) is 0 Å². The van der Waals surface area contributed by atoms with Crippen molar-refractivity contribution in [3.8, 4) is 5.75 Å². The largest absolute Gasteiger partial charge is 0.508 e. The summed E-state index contributed by atoms with van der Waals surface area (Å²) in [6, 6.07) is 10.5. The van der Waals surface area contributed by atoms with Gasteiger partial charge in [-0.3, -0.25) is 9.89 Å². The summed E-state index contributed by atoms with van der Waals surface area (Å²) < 4.78 is 0. The van der Waals surface area contributed by atoms with Crippen LogP contribution in [0.4, 0.5) is 0 Å². The van der Waals surface area contributed by atoms with Gasteiger partial charge in [-0.1, -0.05) is 29.8 Å².